The van der Waals surface area contributed by atoms with Gasteiger partial charge >= 0.3 is 0 Å². The average Bonchev–Trinajstić information content (AvgIpc) is 3.20. The molecule has 0 unspecified atom stereocenters. The van der Waals surface area contributed by atoms with Gasteiger partial charge < -0.3 is 20.4 Å². The van der Waals surface area contributed by atoms with Gasteiger partial charge in [-0.05, 0) is 37.0 Å². The van der Waals surface area contributed by atoms with Crippen molar-refractivity contribution < 1.29 is 4.74 Å². The maximum Gasteiger partial charge on any atom is 0.119 e. The predicted octanol–water partition coefficient (Wildman–Crippen LogP) is 3.58. The first-order chi connectivity index (χ1) is 13.3. The van der Waals surface area contributed by atoms with Crippen molar-refractivity contribution >= 4 is 28.5 Å². The molecule has 0 radical (unpaired) electrons. The number of ether oxygens (including phenoxy) is 1. The van der Waals surface area contributed by atoms with Crippen molar-refractivity contribution in [2.24, 2.45) is 5.92 Å². The molecule has 0 spiro atoms. The first-order valence-corrected chi connectivity index (χ1v) is 9.83. The molecular weight excluding hydrogens is 338 g/mol. The first-order valence-electron chi connectivity index (χ1n) is 9.83. The lowest BCUT2D eigenvalue weighted by Crippen LogP contribution is -2.38. The van der Waals surface area contributed by atoms with E-state index in [0.29, 0.717) is 12.8 Å². The highest BCUT2D eigenvalue weighted by atomic mass is 16.5. The number of fused-ring (bicyclic) bond motifs is 1. The Kier molecular flexibility index (Phi) is 5.34. The molecule has 1 aromatic carbocycles. The van der Waals surface area contributed by atoms with Crippen LogP contribution in [0.25, 0.3) is 16.6 Å². The quantitative estimate of drug-likeness (QED) is 0.734. The van der Waals surface area contributed by atoms with Gasteiger partial charge in [0, 0.05) is 36.3 Å². The largest absolute Gasteiger partial charge is 0.388 e. The number of hydrogen-bond acceptors (Lipinski definition) is 6. The predicted molar refractivity (Wildman–Crippen MR) is 109 cm³/mol. The van der Waals surface area contributed by atoms with Gasteiger partial charge in [0.2, 0.25) is 0 Å². The topological polar surface area (TPSA) is 74.1 Å². The molecule has 142 valence electrons. The smallest absolute Gasteiger partial charge is 0.119 e. The summed E-state index contributed by atoms with van der Waals surface area (Å²) in [6.07, 6.45) is 10.1. The summed E-state index contributed by atoms with van der Waals surface area (Å²) in [4.78, 5) is 11.5. The highest BCUT2D eigenvalue weighted by Gasteiger charge is 2.27. The summed E-state index contributed by atoms with van der Waals surface area (Å²) in [6.45, 7) is 4.52. The minimum atomic E-state index is 0.520. The minimum absolute atomic E-state index is 0.520. The van der Waals surface area contributed by atoms with Crippen molar-refractivity contribution in [3.8, 4) is 0 Å². The summed E-state index contributed by atoms with van der Waals surface area (Å²) in [5, 5.41) is 11.2. The van der Waals surface area contributed by atoms with E-state index < -0.39 is 0 Å². The van der Waals surface area contributed by atoms with Crippen LogP contribution < -0.4 is 10.2 Å². The highest BCUT2D eigenvalue weighted by Crippen LogP contribution is 2.31. The Balaban J connectivity index is 1.50. The second kappa shape index (κ2) is 8.05. The Hall–Kier alpha value is -2.47. The van der Waals surface area contributed by atoms with Crippen molar-refractivity contribution in [1.82, 2.24) is 15.3 Å². The maximum absolute atomic E-state index is 7.78. The van der Waals surface area contributed by atoms with Crippen molar-refractivity contribution in [3.63, 3.8) is 0 Å². The summed E-state index contributed by atoms with van der Waals surface area (Å²) in [5.74, 6) is 0.859. The summed E-state index contributed by atoms with van der Waals surface area (Å²) in [7, 11) is 0. The van der Waals surface area contributed by atoms with E-state index in [9.17, 15) is 0 Å². The number of benzene rings is 1. The highest BCUT2D eigenvalue weighted by molar-refractivity contribution is 6.07. The molecule has 2 fully saturated rings. The average molecular weight is 365 g/mol. The number of anilines is 1. The monoisotopic (exact) mass is 365 g/mol. The van der Waals surface area contributed by atoms with Gasteiger partial charge in [-0.25, -0.2) is 4.98 Å². The maximum atomic E-state index is 7.78. The van der Waals surface area contributed by atoms with Crippen LogP contribution in [-0.4, -0.2) is 42.1 Å². The molecule has 2 heterocycles. The van der Waals surface area contributed by atoms with E-state index in [-0.39, 0.29) is 0 Å². The van der Waals surface area contributed by atoms with Gasteiger partial charge in [0.1, 0.15) is 6.73 Å². The molecule has 1 aliphatic carbocycles. The Labute approximate surface area is 160 Å². The number of allylic oxidation sites excluding steroid dienone is 1. The number of hydrogen-bond donors (Lipinski definition) is 2. The lowest BCUT2D eigenvalue weighted by molar-refractivity contribution is 0.201. The van der Waals surface area contributed by atoms with Crippen LogP contribution in [0.5, 0.6) is 0 Å². The van der Waals surface area contributed by atoms with Crippen LogP contribution in [0.4, 0.5) is 5.69 Å². The van der Waals surface area contributed by atoms with E-state index in [1.807, 2.05) is 12.3 Å². The minimum Gasteiger partial charge on any atom is -0.388 e. The van der Waals surface area contributed by atoms with Gasteiger partial charge in [0.25, 0.3) is 0 Å². The number of rotatable bonds is 7. The van der Waals surface area contributed by atoms with Gasteiger partial charge in [-0.15, -0.1) is 0 Å². The molecule has 6 heteroatoms. The third kappa shape index (κ3) is 3.95. The molecule has 1 aromatic heterocycles. The molecule has 2 aliphatic rings. The van der Waals surface area contributed by atoms with Crippen molar-refractivity contribution in [2.75, 3.05) is 24.8 Å². The molecular formula is C21H27N5O. The molecule has 1 aliphatic heterocycles. The van der Waals surface area contributed by atoms with Crippen LogP contribution in [0.2, 0.25) is 0 Å². The molecule has 6 nitrogen and oxygen atoms in total. The van der Waals surface area contributed by atoms with E-state index >= 15 is 0 Å². The normalized spacial score (nSPS) is 22.7. The molecule has 0 amide bonds. The van der Waals surface area contributed by atoms with Crippen LogP contribution in [-0.2, 0) is 4.74 Å². The zero-order valence-electron chi connectivity index (χ0n) is 15.8. The Bertz CT molecular complexity index is 838. The van der Waals surface area contributed by atoms with E-state index in [0.717, 1.165) is 47.1 Å². The standard InChI is InChI=1S/C21H27N5O/c1-2-3-15-8-17(9-15)23-12-16(11-22)21-13-24-19-5-4-18(10-20(19)25-21)26-6-7-27-14-26/h4-5,10-13,15,17,22-23H,2-3,6-9,14H2,1H3/b16-12+,22-11?. The van der Waals surface area contributed by atoms with Crippen LogP contribution in [0.15, 0.2) is 30.6 Å². The summed E-state index contributed by atoms with van der Waals surface area (Å²) < 4.78 is 5.44. The number of nitrogens with zero attached hydrogens (tertiary/aromatic N) is 3. The van der Waals surface area contributed by atoms with E-state index in [4.69, 9.17) is 15.1 Å². The van der Waals surface area contributed by atoms with Crippen LogP contribution in [0, 0.1) is 11.3 Å². The zero-order valence-corrected chi connectivity index (χ0v) is 15.8. The molecule has 0 atom stereocenters. The van der Waals surface area contributed by atoms with Gasteiger partial charge in [-0.2, -0.15) is 0 Å². The molecule has 4 rings (SSSR count). The summed E-state index contributed by atoms with van der Waals surface area (Å²) >= 11 is 0. The van der Waals surface area contributed by atoms with Crippen LogP contribution >= 0.6 is 0 Å². The number of aromatic nitrogens is 2. The fourth-order valence-electron chi connectivity index (χ4n) is 3.87. The van der Waals surface area contributed by atoms with E-state index in [1.165, 1.54) is 31.9 Å². The third-order valence-electron chi connectivity index (χ3n) is 5.50. The molecule has 1 saturated carbocycles. The van der Waals surface area contributed by atoms with Crippen LogP contribution in [0.3, 0.4) is 0 Å². The molecule has 0 bridgehead atoms. The molecule has 27 heavy (non-hydrogen) atoms. The lowest BCUT2D eigenvalue weighted by atomic mass is 9.78. The van der Waals surface area contributed by atoms with Crippen LogP contribution in [0.1, 0.15) is 38.3 Å². The number of nitrogens with one attached hydrogen (secondary N) is 2. The van der Waals surface area contributed by atoms with Crippen molar-refractivity contribution in [3.05, 3.63) is 36.3 Å². The van der Waals surface area contributed by atoms with E-state index in [1.54, 1.807) is 6.20 Å². The molecule has 2 N–H and O–H groups in total. The van der Waals surface area contributed by atoms with Crippen molar-refractivity contribution in [2.45, 2.75) is 38.6 Å². The molecule has 2 aromatic rings. The lowest BCUT2D eigenvalue weighted by Gasteiger charge is -2.35. The summed E-state index contributed by atoms with van der Waals surface area (Å²) in [6, 6.07) is 6.63. The molecule has 1 saturated heterocycles. The first kappa shape index (κ1) is 17.9. The second-order valence-corrected chi connectivity index (χ2v) is 7.46. The third-order valence-corrected chi connectivity index (χ3v) is 5.50. The van der Waals surface area contributed by atoms with Gasteiger partial charge in [-0.3, -0.25) is 4.98 Å². The fraction of sp³-hybridized carbons (Fsp3) is 0.476. The zero-order chi connectivity index (χ0) is 18.6. The Morgan fingerprint density at radius 3 is 3.00 bits per heavy atom. The van der Waals surface area contributed by atoms with Gasteiger partial charge in [0.15, 0.2) is 0 Å². The van der Waals surface area contributed by atoms with Gasteiger partial charge in [-0.1, -0.05) is 19.8 Å². The second-order valence-electron chi connectivity index (χ2n) is 7.46. The Morgan fingerprint density at radius 2 is 2.26 bits per heavy atom. The Morgan fingerprint density at radius 1 is 1.37 bits per heavy atom. The van der Waals surface area contributed by atoms with Gasteiger partial charge in [0.05, 0.1) is 29.5 Å². The van der Waals surface area contributed by atoms with E-state index in [2.05, 4.69) is 34.3 Å². The fourth-order valence-corrected chi connectivity index (χ4v) is 3.87. The summed E-state index contributed by atoms with van der Waals surface area (Å²) in [5.41, 5.74) is 4.29. The SMILES string of the molecule is CCCC1CC(N/C=C(\C=N)c2cnc3ccc(N4CCOC4)cc3n2)C1. The van der Waals surface area contributed by atoms with Crippen molar-refractivity contribution in [1.29, 1.82) is 5.41 Å².